The Morgan fingerprint density at radius 3 is 2.50 bits per heavy atom. The van der Waals surface area contributed by atoms with Gasteiger partial charge in [0.1, 0.15) is 12.4 Å². The van der Waals surface area contributed by atoms with Crippen molar-refractivity contribution in [1.29, 1.82) is 0 Å². The van der Waals surface area contributed by atoms with Gasteiger partial charge >= 0.3 is 0 Å². The highest BCUT2D eigenvalue weighted by molar-refractivity contribution is 9.10. The first-order valence-electron chi connectivity index (χ1n) is 6.55. The third-order valence-corrected chi connectivity index (χ3v) is 3.97. The summed E-state index contributed by atoms with van der Waals surface area (Å²) in [6.07, 6.45) is 0. The van der Waals surface area contributed by atoms with Crippen LogP contribution in [0.2, 0.25) is 0 Å². The highest BCUT2D eigenvalue weighted by Crippen LogP contribution is 2.26. The van der Waals surface area contributed by atoms with E-state index in [0.717, 1.165) is 27.2 Å². The summed E-state index contributed by atoms with van der Waals surface area (Å²) in [5.41, 5.74) is 3.23. The predicted molar refractivity (Wildman–Crippen MR) is 85.6 cm³/mol. The number of hydrogen-bond donors (Lipinski definition) is 0. The molecule has 1 aromatic carbocycles. The van der Waals surface area contributed by atoms with Crippen molar-refractivity contribution in [1.82, 2.24) is 9.78 Å². The lowest BCUT2D eigenvalue weighted by Crippen LogP contribution is -2.11. The molecule has 0 bridgehead atoms. The SMILES string of the molecule is Cc1nn(CCOc2ccc(Br)cc2)c(C)c1C(C)Cl. The van der Waals surface area contributed by atoms with Crippen molar-refractivity contribution in [2.24, 2.45) is 0 Å². The lowest BCUT2D eigenvalue weighted by Gasteiger charge is -2.08. The van der Waals surface area contributed by atoms with Gasteiger partial charge in [-0.15, -0.1) is 11.6 Å². The van der Waals surface area contributed by atoms with Crippen LogP contribution in [-0.2, 0) is 6.54 Å². The lowest BCUT2D eigenvalue weighted by atomic mass is 10.1. The minimum atomic E-state index is -0.0175. The smallest absolute Gasteiger partial charge is 0.119 e. The summed E-state index contributed by atoms with van der Waals surface area (Å²) in [4.78, 5) is 0. The molecule has 0 aliphatic heterocycles. The zero-order valence-corrected chi connectivity index (χ0v) is 14.2. The monoisotopic (exact) mass is 356 g/mol. The van der Waals surface area contributed by atoms with Crippen LogP contribution in [0.3, 0.4) is 0 Å². The Hall–Kier alpha value is -1.00. The first-order chi connectivity index (χ1) is 9.49. The first-order valence-corrected chi connectivity index (χ1v) is 7.78. The summed E-state index contributed by atoms with van der Waals surface area (Å²) in [6, 6.07) is 7.81. The molecular formula is C15H18BrClN2O. The third-order valence-electron chi connectivity index (χ3n) is 3.22. The summed E-state index contributed by atoms with van der Waals surface area (Å²) in [5, 5.41) is 4.50. The van der Waals surface area contributed by atoms with Crippen molar-refractivity contribution < 1.29 is 4.74 Å². The van der Waals surface area contributed by atoms with Gasteiger partial charge in [-0.2, -0.15) is 5.10 Å². The van der Waals surface area contributed by atoms with Crippen LogP contribution in [0.25, 0.3) is 0 Å². The van der Waals surface area contributed by atoms with Gasteiger partial charge in [0.25, 0.3) is 0 Å². The highest BCUT2D eigenvalue weighted by Gasteiger charge is 2.15. The van der Waals surface area contributed by atoms with E-state index in [1.165, 1.54) is 0 Å². The molecule has 108 valence electrons. The molecule has 1 aromatic heterocycles. The maximum absolute atomic E-state index is 6.18. The van der Waals surface area contributed by atoms with Gasteiger partial charge in [-0.3, -0.25) is 4.68 Å². The number of benzene rings is 1. The molecule has 2 aromatic rings. The van der Waals surface area contributed by atoms with Gasteiger partial charge in [-0.25, -0.2) is 0 Å². The van der Waals surface area contributed by atoms with Gasteiger partial charge in [0.15, 0.2) is 0 Å². The molecule has 3 nitrogen and oxygen atoms in total. The Morgan fingerprint density at radius 1 is 1.30 bits per heavy atom. The number of halogens is 2. The zero-order chi connectivity index (χ0) is 14.7. The molecule has 1 unspecified atom stereocenters. The molecule has 0 amide bonds. The van der Waals surface area contributed by atoms with Gasteiger partial charge in [-0.05, 0) is 45.0 Å². The second-order valence-electron chi connectivity index (χ2n) is 4.73. The van der Waals surface area contributed by atoms with Gasteiger partial charge < -0.3 is 4.74 Å². The van der Waals surface area contributed by atoms with Crippen LogP contribution in [0.15, 0.2) is 28.7 Å². The van der Waals surface area contributed by atoms with Crippen LogP contribution >= 0.6 is 27.5 Å². The highest BCUT2D eigenvalue weighted by atomic mass is 79.9. The minimum absolute atomic E-state index is 0.0175. The Kier molecular flexibility index (Phi) is 5.11. The summed E-state index contributed by atoms with van der Waals surface area (Å²) < 4.78 is 8.72. The average Bonchev–Trinajstić information content (AvgIpc) is 2.67. The molecule has 0 saturated heterocycles. The van der Waals surface area contributed by atoms with Gasteiger partial charge in [0.05, 0.1) is 17.6 Å². The van der Waals surface area contributed by atoms with Crippen LogP contribution in [-0.4, -0.2) is 16.4 Å². The number of hydrogen-bond acceptors (Lipinski definition) is 2. The summed E-state index contributed by atoms with van der Waals surface area (Å²) in [7, 11) is 0. The van der Waals surface area contributed by atoms with Crippen LogP contribution in [0.4, 0.5) is 0 Å². The molecular weight excluding hydrogens is 340 g/mol. The fourth-order valence-electron chi connectivity index (χ4n) is 2.28. The standard InChI is InChI=1S/C15H18BrClN2O/c1-10(17)15-11(2)18-19(12(15)3)8-9-20-14-6-4-13(16)5-7-14/h4-7,10H,8-9H2,1-3H3. The molecule has 1 atom stereocenters. The topological polar surface area (TPSA) is 27.1 Å². The van der Waals surface area contributed by atoms with Crippen molar-refractivity contribution in [2.75, 3.05) is 6.61 Å². The quantitative estimate of drug-likeness (QED) is 0.729. The van der Waals surface area contributed by atoms with E-state index in [1.807, 2.05) is 49.7 Å². The van der Waals surface area contributed by atoms with Gasteiger partial charge in [-0.1, -0.05) is 15.9 Å². The maximum atomic E-state index is 6.18. The van der Waals surface area contributed by atoms with Crippen LogP contribution in [0, 0.1) is 13.8 Å². The molecule has 5 heteroatoms. The number of ether oxygens (including phenoxy) is 1. The number of nitrogens with zero attached hydrogens (tertiary/aromatic N) is 2. The normalized spacial score (nSPS) is 12.4. The summed E-state index contributed by atoms with van der Waals surface area (Å²) in [5.74, 6) is 0.862. The maximum Gasteiger partial charge on any atom is 0.119 e. The van der Waals surface area contributed by atoms with Crippen LogP contribution in [0.5, 0.6) is 5.75 Å². The number of rotatable bonds is 5. The second kappa shape index (κ2) is 6.64. The van der Waals surface area contributed by atoms with E-state index in [2.05, 4.69) is 21.0 Å². The Balaban J connectivity index is 1.98. The number of alkyl halides is 1. The Labute approximate surface area is 133 Å². The van der Waals surface area contributed by atoms with Gasteiger partial charge in [0, 0.05) is 15.7 Å². The van der Waals surface area contributed by atoms with Crippen molar-refractivity contribution >= 4 is 27.5 Å². The van der Waals surface area contributed by atoms with Crippen LogP contribution < -0.4 is 4.74 Å². The summed E-state index contributed by atoms with van der Waals surface area (Å²) >= 11 is 9.58. The van der Waals surface area contributed by atoms with E-state index in [0.29, 0.717) is 13.2 Å². The largest absolute Gasteiger partial charge is 0.492 e. The van der Waals surface area contributed by atoms with E-state index >= 15 is 0 Å². The molecule has 1 heterocycles. The number of aryl methyl sites for hydroxylation is 1. The van der Waals surface area contributed by atoms with Crippen molar-refractivity contribution in [2.45, 2.75) is 32.7 Å². The van der Waals surface area contributed by atoms with E-state index in [1.54, 1.807) is 0 Å². The molecule has 0 fully saturated rings. The average molecular weight is 358 g/mol. The Morgan fingerprint density at radius 2 is 1.95 bits per heavy atom. The van der Waals surface area contributed by atoms with E-state index < -0.39 is 0 Å². The van der Waals surface area contributed by atoms with E-state index in [4.69, 9.17) is 16.3 Å². The molecule has 0 saturated carbocycles. The predicted octanol–water partition coefficient (Wildman–Crippen LogP) is 4.64. The number of aromatic nitrogens is 2. The molecule has 2 rings (SSSR count). The van der Waals surface area contributed by atoms with Crippen molar-refractivity contribution in [3.05, 3.63) is 45.7 Å². The Bertz CT molecular complexity index is 578. The first kappa shape index (κ1) is 15.4. The van der Waals surface area contributed by atoms with Crippen molar-refractivity contribution in [3.63, 3.8) is 0 Å². The minimum Gasteiger partial charge on any atom is -0.492 e. The second-order valence-corrected chi connectivity index (χ2v) is 6.30. The van der Waals surface area contributed by atoms with Gasteiger partial charge in [0.2, 0.25) is 0 Å². The fraction of sp³-hybridized carbons (Fsp3) is 0.400. The van der Waals surface area contributed by atoms with Crippen LogP contribution in [0.1, 0.15) is 29.3 Å². The molecule has 0 spiro atoms. The molecule has 0 aliphatic rings. The fourth-order valence-corrected chi connectivity index (χ4v) is 2.87. The van der Waals surface area contributed by atoms with E-state index in [9.17, 15) is 0 Å². The van der Waals surface area contributed by atoms with Crippen molar-refractivity contribution in [3.8, 4) is 5.75 Å². The molecule has 20 heavy (non-hydrogen) atoms. The summed E-state index contributed by atoms with van der Waals surface area (Å²) in [6.45, 7) is 7.31. The third kappa shape index (κ3) is 3.55. The zero-order valence-electron chi connectivity index (χ0n) is 11.9. The van der Waals surface area contributed by atoms with E-state index in [-0.39, 0.29) is 5.38 Å². The molecule has 0 radical (unpaired) electrons. The molecule has 0 aliphatic carbocycles. The molecule has 0 N–H and O–H groups in total. The lowest BCUT2D eigenvalue weighted by molar-refractivity contribution is 0.289.